The molecule has 84 heavy (non-hydrogen) atoms. The van der Waals surface area contributed by atoms with Crippen molar-refractivity contribution in [1.29, 1.82) is 0 Å². The first-order valence-corrected chi connectivity index (χ1v) is 37.9. The number of hydrogen-bond acceptors (Lipinski definition) is 5. The van der Waals surface area contributed by atoms with Crippen molar-refractivity contribution in [3.8, 4) is 0 Å². The van der Waals surface area contributed by atoms with Gasteiger partial charge in [0, 0.05) is 12.8 Å². The van der Waals surface area contributed by atoms with E-state index in [4.69, 9.17) is 4.74 Å². The van der Waals surface area contributed by atoms with Crippen LogP contribution >= 0.6 is 0 Å². The molecule has 0 aromatic carbocycles. The van der Waals surface area contributed by atoms with Gasteiger partial charge >= 0.3 is 5.97 Å². The third-order valence-corrected chi connectivity index (χ3v) is 17.6. The Bertz CT molecular complexity index is 1400. The smallest absolute Gasteiger partial charge is 0.305 e. The first-order chi connectivity index (χ1) is 41.5. The van der Waals surface area contributed by atoms with E-state index in [9.17, 15) is 19.8 Å². The van der Waals surface area contributed by atoms with E-state index >= 15 is 0 Å². The average molecular weight is 1180 g/mol. The van der Waals surface area contributed by atoms with Crippen LogP contribution in [0.1, 0.15) is 412 Å². The topological polar surface area (TPSA) is 95.9 Å². The lowest BCUT2D eigenvalue weighted by molar-refractivity contribution is -0.143. The van der Waals surface area contributed by atoms with Gasteiger partial charge in [0.2, 0.25) is 5.91 Å². The number of carbonyl (C=O) groups is 2. The number of rotatable bonds is 71. The van der Waals surface area contributed by atoms with Gasteiger partial charge in [-0.25, -0.2) is 0 Å². The summed E-state index contributed by atoms with van der Waals surface area (Å²) in [6.45, 7) is 4.93. The largest absolute Gasteiger partial charge is 0.466 e. The molecule has 1 amide bonds. The van der Waals surface area contributed by atoms with Gasteiger partial charge < -0.3 is 20.3 Å². The third-order valence-electron chi connectivity index (χ3n) is 17.6. The van der Waals surface area contributed by atoms with Crippen LogP contribution in [-0.2, 0) is 14.3 Å². The molecule has 0 aromatic rings. The van der Waals surface area contributed by atoms with Gasteiger partial charge in [-0.05, 0) is 89.9 Å². The Hall–Kier alpha value is -2.18. The van der Waals surface area contributed by atoms with Crippen molar-refractivity contribution in [1.82, 2.24) is 5.32 Å². The minimum Gasteiger partial charge on any atom is -0.466 e. The SMILES string of the molecule is CCCCCCCCC/C=C\CCCCCCCCCC(=O)OCCCCCCCCCCC/C=C\C/C=C\CCCCCCCCCCCCCC(=O)NC(CO)C(O)/C=C/CCCCCCCCCCCCCCCCCCCCCC. The number of unbranched alkanes of at least 4 members (excludes halogenated alkanes) is 54. The van der Waals surface area contributed by atoms with Crippen molar-refractivity contribution in [2.45, 2.75) is 424 Å². The molecule has 0 spiro atoms. The molecule has 2 atom stereocenters. The molecular weight excluding hydrogens is 1030 g/mol. The fourth-order valence-corrected chi connectivity index (χ4v) is 11.8. The number of aliphatic hydroxyl groups excluding tert-OH is 2. The molecule has 0 heterocycles. The van der Waals surface area contributed by atoms with Gasteiger partial charge in [-0.3, -0.25) is 9.59 Å². The number of esters is 1. The fourth-order valence-electron chi connectivity index (χ4n) is 11.8. The van der Waals surface area contributed by atoms with E-state index in [0.717, 1.165) is 51.4 Å². The molecule has 0 fully saturated rings. The summed E-state index contributed by atoms with van der Waals surface area (Å²) in [5, 5.41) is 23.3. The fraction of sp³-hybridized carbons (Fsp3) is 0.872. The first kappa shape index (κ1) is 81.8. The molecule has 6 nitrogen and oxygen atoms in total. The Labute approximate surface area is 525 Å². The molecule has 0 rings (SSSR count). The van der Waals surface area contributed by atoms with Crippen LogP contribution < -0.4 is 5.32 Å². The highest BCUT2D eigenvalue weighted by molar-refractivity contribution is 5.76. The van der Waals surface area contributed by atoms with Crippen LogP contribution in [-0.4, -0.2) is 47.4 Å². The lowest BCUT2D eigenvalue weighted by Crippen LogP contribution is -2.45. The van der Waals surface area contributed by atoms with Gasteiger partial charge in [0.15, 0.2) is 0 Å². The molecule has 0 radical (unpaired) electrons. The summed E-state index contributed by atoms with van der Waals surface area (Å²) in [5.41, 5.74) is 0. The Balaban J connectivity index is 3.44. The number of hydrogen-bond donors (Lipinski definition) is 3. The van der Waals surface area contributed by atoms with Crippen LogP contribution in [0.3, 0.4) is 0 Å². The van der Waals surface area contributed by atoms with E-state index in [1.54, 1.807) is 6.08 Å². The van der Waals surface area contributed by atoms with Crippen molar-refractivity contribution in [2.24, 2.45) is 0 Å². The first-order valence-electron chi connectivity index (χ1n) is 37.9. The molecule has 0 saturated carbocycles. The lowest BCUT2D eigenvalue weighted by atomic mass is 10.0. The highest BCUT2D eigenvalue weighted by Crippen LogP contribution is 2.19. The maximum Gasteiger partial charge on any atom is 0.305 e. The van der Waals surface area contributed by atoms with Gasteiger partial charge in [-0.15, -0.1) is 0 Å². The predicted molar refractivity (Wildman–Crippen MR) is 370 cm³/mol. The molecule has 0 saturated heterocycles. The number of ether oxygens (including phenoxy) is 1. The van der Waals surface area contributed by atoms with Crippen LogP contribution in [0, 0.1) is 0 Å². The molecule has 6 heteroatoms. The van der Waals surface area contributed by atoms with Gasteiger partial charge in [0.05, 0.1) is 25.4 Å². The summed E-state index contributed by atoms with van der Waals surface area (Å²) in [7, 11) is 0. The van der Waals surface area contributed by atoms with Gasteiger partial charge in [-0.1, -0.05) is 358 Å². The number of amides is 1. The second-order valence-corrected chi connectivity index (χ2v) is 26.0. The van der Waals surface area contributed by atoms with E-state index in [2.05, 4.69) is 55.6 Å². The number of allylic oxidation sites excluding steroid dienone is 7. The zero-order valence-electron chi connectivity index (χ0n) is 56.6. The third kappa shape index (κ3) is 68.9. The summed E-state index contributed by atoms with van der Waals surface area (Å²) in [4.78, 5) is 24.6. The van der Waals surface area contributed by atoms with Gasteiger partial charge in [0.1, 0.15) is 0 Å². The van der Waals surface area contributed by atoms with Crippen molar-refractivity contribution >= 4 is 11.9 Å². The minimum atomic E-state index is -0.849. The van der Waals surface area contributed by atoms with E-state index in [-0.39, 0.29) is 18.5 Å². The summed E-state index contributed by atoms with van der Waals surface area (Å²) < 4.78 is 5.50. The predicted octanol–water partition coefficient (Wildman–Crippen LogP) is 24.8. The Morgan fingerprint density at radius 3 is 0.917 bits per heavy atom. The van der Waals surface area contributed by atoms with Crippen molar-refractivity contribution in [2.75, 3.05) is 13.2 Å². The number of nitrogens with one attached hydrogen (secondary N) is 1. The molecule has 0 aliphatic rings. The Morgan fingerprint density at radius 1 is 0.333 bits per heavy atom. The van der Waals surface area contributed by atoms with Crippen LogP contribution in [0.25, 0.3) is 0 Å². The summed E-state index contributed by atoms with van der Waals surface area (Å²) in [6.07, 6.45) is 96.3. The van der Waals surface area contributed by atoms with E-state index in [1.807, 2.05) is 6.08 Å². The quantitative estimate of drug-likeness (QED) is 0.0320. The maximum absolute atomic E-state index is 12.5. The lowest BCUT2D eigenvalue weighted by Gasteiger charge is -2.20. The van der Waals surface area contributed by atoms with Crippen molar-refractivity contribution in [3.05, 3.63) is 48.6 Å². The van der Waals surface area contributed by atoms with Crippen LogP contribution in [0.5, 0.6) is 0 Å². The average Bonchev–Trinajstić information content (AvgIpc) is 3.51. The van der Waals surface area contributed by atoms with Gasteiger partial charge in [0.25, 0.3) is 0 Å². The molecule has 0 aliphatic carbocycles. The summed E-state index contributed by atoms with van der Waals surface area (Å²) >= 11 is 0. The Morgan fingerprint density at radius 2 is 0.595 bits per heavy atom. The van der Waals surface area contributed by atoms with Crippen LogP contribution in [0.15, 0.2) is 48.6 Å². The van der Waals surface area contributed by atoms with E-state index in [1.165, 1.54) is 334 Å². The van der Waals surface area contributed by atoms with E-state index in [0.29, 0.717) is 19.4 Å². The minimum absolute atomic E-state index is 0.00783. The standard InChI is InChI=1S/C78H147NO5/c1-3-5-7-9-11-13-15-17-19-21-23-24-32-35-38-42-46-50-54-58-62-66-70-76(81)75(74-80)79-77(82)71-67-63-59-55-51-47-43-39-36-33-30-28-26-25-27-29-31-34-37-41-45-49-53-57-61-65-69-73-84-78(83)72-68-64-60-56-52-48-44-40-22-20-18-16-14-12-10-8-6-4-2/h20,22,25-26,29,31,66,70,75-76,80-81H,3-19,21,23-24,27-28,30,32-65,67-69,71-74H2,1-2H3,(H,79,82)/b22-20-,26-25-,31-29-,70-66+. The highest BCUT2D eigenvalue weighted by atomic mass is 16.5. The zero-order chi connectivity index (χ0) is 60.6. The van der Waals surface area contributed by atoms with Gasteiger partial charge in [-0.2, -0.15) is 0 Å². The molecule has 0 aromatic heterocycles. The monoisotopic (exact) mass is 1180 g/mol. The molecule has 0 aliphatic heterocycles. The molecule has 3 N–H and O–H groups in total. The van der Waals surface area contributed by atoms with Crippen molar-refractivity contribution < 1.29 is 24.5 Å². The number of aliphatic hydroxyl groups is 2. The second-order valence-electron chi connectivity index (χ2n) is 26.0. The normalized spacial score (nSPS) is 12.8. The maximum atomic E-state index is 12.5. The van der Waals surface area contributed by atoms with E-state index < -0.39 is 12.1 Å². The van der Waals surface area contributed by atoms with Crippen LogP contribution in [0.2, 0.25) is 0 Å². The molecule has 494 valence electrons. The highest BCUT2D eigenvalue weighted by Gasteiger charge is 2.18. The van der Waals surface area contributed by atoms with Crippen LogP contribution in [0.4, 0.5) is 0 Å². The molecule has 2 unspecified atom stereocenters. The Kier molecular flexibility index (Phi) is 71.4. The second kappa shape index (κ2) is 73.3. The zero-order valence-corrected chi connectivity index (χ0v) is 56.6. The summed E-state index contributed by atoms with van der Waals surface area (Å²) in [6, 6.07) is -0.633. The summed E-state index contributed by atoms with van der Waals surface area (Å²) in [5.74, 6) is -0.0597. The molecular formula is C78H147NO5. The number of carbonyl (C=O) groups excluding carboxylic acids is 2. The molecule has 0 bridgehead atoms. The van der Waals surface area contributed by atoms with Crippen molar-refractivity contribution in [3.63, 3.8) is 0 Å².